The predicted octanol–water partition coefficient (Wildman–Crippen LogP) is 25.7. The second-order valence-corrected chi connectivity index (χ2v) is 26.9. The van der Waals surface area contributed by atoms with E-state index in [0.717, 1.165) is 37.1 Å². The first kappa shape index (κ1) is 60.4. The number of rotatable bonds is 6. The van der Waals surface area contributed by atoms with E-state index < -0.39 is 7.12 Å². The van der Waals surface area contributed by atoms with Gasteiger partial charge >= 0.3 is 7.12 Å². The third-order valence-corrected chi connectivity index (χ3v) is 20.9. The number of hydrogen-bond acceptors (Lipinski definition) is 2. The lowest BCUT2D eigenvalue weighted by Crippen LogP contribution is -2.31. The molecule has 0 bridgehead atoms. The summed E-state index contributed by atoms with van der Waals surface area (Å²) in [5.41, 5.74) is 12.8. The summed E-state index contributed by atoms with van der Waals surface area (Å²) in [5, 5.41) is 49.6. The first-order valence-corrected chi connectivity index (χ1v) is 34.9. The normalized spacial score (nSPS) is 11.6. The molecule has 0 unspecified atom stereocenters. The van der Waals surface area contributed by atoms with Gasteiger partial charge in [0.25, 0.3) is 0 Å². The van der Waals surface area contributed by atoms with Crippen molar-refractivity contribution in [2.75, 3.05) is 0 Å². The zero-order valence-electron chi connectivity index (χ0n) is 54.5. The Labute approximate surface area is 587 Å². The second-order valence-electron chi connectivity index (χ2n) is 26.0. The SMILES string of the molecule is Brc1cccc(-c2ccc3c4ccccc4c4ccccc4c3c2)c1.OB(O)c1c2ccccc2c(-c2ccc3ccccc3c2)c2ccccc12.c1cc(-c2ccc3c4ccccc4c4ccccc4c3c2)cc(-c2c3ccccc3c(-c3ccc4ccccc4c3)c3ccccc23)c1. The average molecular weight is 1340 g/mol. The third kappa shape index (κ3) is 10.6. The van der Waals surface area contributed by atoms with E-state index in [1.807, 2.05) is 48.5 Å². The monoisotopic (exact) mass is 1340 g/mol. The maximum Gasteiger partial charge on any atom is 0.489 e. The largest absolute Gasteiger partial charge is 0.489 e. The first-order chi connectivity index (χ1) is 49.4. The summed E-state index contributed by atoms with van der Waals surface area (Å²) >= 11 is 3.58. The number of fused-ring (bicyclic) bond motifs is 18. The van der Waals surface area contributed by atoms with Crippen LogP contribution < -0.4 is 5.46 Å². The van der Waals surface area contributed by atoms with Crippen LogP contribution in [0, 0.1) is 0 Å². The van der Waals surface area contributed by atoms with Crippen LogP contribution >= 0.6 is 15.9 Å². The van der Waals surface area contributed by atoms with Crippen molar-refractivity contribution in [3.63, 3.8) is 0 Å². The van der Waals surface area contributed by atoms with Crippen molar-refractivity contribution in [2.24, 2.45) is 0 Å². The molecular weight excluding hydrogens is 1280 g/mol. The molecule has 4 heteroatoms. The number of halogens is 1. The summed E-state index contributed by atoms with van der Waals surface area (Å²) < 4.78 is 1.11. The Bertz CT molecular complexity index is 6490. The predicted molar refractivity (Wildman–Crippen MR) is 434 cm³/mol. The van der Waals surface area contributed by atoms with E-state index in [1.54, 1.807) is 0 Å². The highest BCUT2D eigenvalue weighted by Crippen LogP contribution is 2.46. The maximum atomic E-state index is 10.1. The third-order valence-electron chi connectivity index (χ3n) is 20.4. The number of benzene rings is 20. The van der Waals surface area contributed by atoms with Crippen LogP contribution in [-0.2, 0) is 0 Å². The summed E-state index contributed by atoms with van der Waals surface area (Å²) in [6.07, 6.45) is 0. The Kier molecular flexibility index (Phi) is 15.4. The van der Waals surface area contributed by atoms with E-state index in [4.69, 9.17) is 0 Å². The standard InChI is InChI=1S/C48H30.C24H17BO2.C24H15Br/c1-2-13-32-28-36(25-24-31(32)12-1)48-44-22-9-7-20-42(44)47(43-21-8-10-23-45(43)48)35-15-11-14-33(29-35)34-26-27-41-39-18-4-3-16-37(39)38-17-5-6-19-40(38)46(41)30-34;26-25(27)24-21-11-5-3-9-19(21)23(20-10-4-6-12-22(20)24)18-14-13-16-7-1-2-8-17(16)15-18;25-18-7-5-6-16(14-18)17-12-13-23-21-10-2-1-8-19(21)20-9-3-4-11-22(20)24(23)15-17/h1-30H;1-15,26-27H;1-15H. The lowest BCUT2D eigenvalue weighted by molar-refractivity contribution is 0.426. The van der Waals surface area contributed by atoms with E-state index in [-0.39, 0.29) is 0 Å². The average Bonchev–Trinajstić information content (AvgIpc) is 0.747. The molecular formula is C96H62BBrO2. The Hall–Kier alpha value is -12.0. The molecule has 0 aliphatic rings. The fraction of sp³-hybridized carbons (Fsp3) is 0. The van der Waals surface area contributed by atoms with E-state index in [0.29, 0.717) is 5.46 Å². The summed E-state index contributed by atoms with van der Waals surface area (Å²) in [6, 6.07) is 130. The molecule has 0 aromatic heterocycles. The van der Waals surface area contributed by atoms with E-state index >= 15 is 0 Å². The Morgan fingerprint density at radius 3 is 0.780 bits per heavy atom. The molecule has 100 heavy (non-hydrogen) atoms. The van der Waals surface area contributed by atoms with Crippen molar-refractivity contribution < 1.29 is 10.0 Å². The number of hydrogen-bond donors (Lipinski definition) is 2. The van der Waals surface area contributed by atoms with Gasteiger partial charge in [0.1, 0.15) is 0 Å². The lowest BCUT2D eigenvalue weighted by Gasteiger charge is -2.18. The van der Waals surface area contributed by atoms with Crippen LogP contribution in [0.3, 0.4) is 0 Å². The second kappa shape index (κ2) is 25.4. The van der Waals surface area contributed by atoms with Gasteiger partial charge in [-0.15, -0.1) is 0 Å². The molecule has 0 saturated carbocycles. The molecule has 20 aromatic carbocycles. The summed E-state index contributed by atoms with van der Waals surface area (Å²) in [7, 11) is -1.52. The highest BCUT2D eigenvalue weighted by atomic mass is 79.9. The minimum atomic E-state index is -1.52. The van der Waals surface area contributed by atoms with Gasteiger partial charge in [-0.1, -0.05) is 337 Å². The van der Waals surface area contributed by atoms with E-state index in [1.165, 1.54) is 152 Å². The van der Waals surface area contributed by atoms with Crippen molar-refractivity contribution >= 4 is 158 Å². The van der Waals surface area contributed by atoms with Crippen molar-refractivity contribution in [1.82, 2.24) is 0 Å². The Balaban J connectivity index is 0.000000117. The van der Waals surface area contributed by atoms with Gasteiger partial charge in [-0.2, -0.15) is 0 Å². The fourth-order valence-corrected chi connectivity index (χ4v) is 16.3. The quantitative estimate of drug-likeness (QED) is 0.0990. The van der Waals surface area contributed by atoms with E-state index in [2.05, 4.69) is 331 Å². The van der Waals surface area contributed by atoms with Gasteiger partial charge in [0.15, 0.2) is 0 Å². The molecule has 20 aromatic rings. The van der Waals surface area contributed by atoms with Crippen molar-refractivity contribution in [1.29, 1.82) is 0 Å². The molecule has 468 valence electrons. The minimum Gasteiger partial charge on any atom is -0.423 e. The summed E-state index contributed by atoms with van der Waals surface area (Å²) in [6.45, 7) is 0. The van der Waals surface area contributed by atoms with Gasteiger partial charge < -0.3 is 10.0 Å². The molecule has 0 spiro atoms. The van der Waals surface area contributed by atoms with Gasteiger partial charge in [-0.3, -0.25) is 0 Å². The molecule has 0 aliphatic heterocycles. The van der Waals surface area contributed by atoms with Crippen LogP contribution in [0.1, 0.15) is 0 Å². The zero-order valence-corrected chi connectivity index (χ0v) is 56.1. The summed E-state index contributed by atoms with van der Waals surface area (Å²) in [4.78, 5) is 0. The molecule has 0 saturated heterocycles. The van der Waals surface area contributed by atoms with E-state index in [9.17, 15) is 10.0 Å². The fourth-order valence-electron chi connectivity index (χ4n) is 15.9. The lowest BCUT2D eigenvalue weighted by atomic mass is 9.72. The van der Waals surface area contributed by atoms with Crippen LogP contribution in [0.4, 0.5) is 0 Å². The van der Waals surface area contributed by atoms with Gasteiger partial charge in [-0.05, 0) is 233 Å². The summed E-state index contributed by atoms with van der Waals surface area (Å²) in [5.74, 6) is 0. The molecule has 2 nitrogen and oxygen atoms in total. The molecule has 0 atom stereocenters. The van der Waals surface area contributed by atoms with Crippen molar-refractivity contribution in [2.45, 2.75) is 0 Å². The van der Waals surface area contributed by atoms with Crippen molar-refractivity contribution in [3.05, 3.63) is 368 Å². The molecule has 0 fully saturated rings. The van der Waals surface area contributed by atoms with Gasteiger partial charge in [-0.25, -0.2) is 0 Å². The van der Waals surface area contributed by atoms with Crippen LogP contribution in [0.25, 0.3) is 185 Å². The van der Waals surface area contributed by atoms with Gasteiger partial charge in [0.05, 0.1) is 0 Å². The topological polar surface area (TPSA) is 40.5 Å². The van der Waals surface area contributed by atoms with Crippen molar-refractivity contribution in [3.8, 4) is 55.6 Å². The minimum absolute atomic E-state index is 0.561. The molecule has 0 radical (unpaired) electrons. The first-order valence-electron chi connectivity index (χ1n) is 34.1. The van der Waals surface area contributed by atoms with Crippen LogP contribution in [0.15, 0.2) is 368 Å². The molecule has 2 N–H and O–H groups in total. The highest BCUT2D eigenvalue weighted by molar-refractivity contribution is 9.10. The molecule has 20 rings (SSSR count). The zero-order chi connectivity index (χ0) is 66.8. The smallest absolute Gasteiger partial charge is 0.423 e. The van der Waals surface area contributed by atoms with Crippen LogP contribution in [-0.4, -0.2) is 17.2 Å². The Morgan fingerprint density at radius 2 is 0.420 bits per heavy atom. The van der Waals surface area contributed by atoms with Crippen LogP contribution in [0.5, 0.6) is 0 Å². The van der Waals surface area contributed by atoms with Crippen LogP contribution in [0.2, 0.25) is 0 Å². The highest BCUT2D eigenvalue weighted by Gasteiger charge is 2.23. The molecule has 0 aliphatic carbocycles. The van der Waals surface area contributed by atoms with Gasteiger partial charge in [0.2, 0.25) is 0 Å². The Morgan fingerprint density at radius 1 is 0.170 bits per heavy atom. The molecule has 0 heterocycles. The maximum absolute atomic E-state index is 10.1. The van der Waals surface area contributed by atoms with Gasteiger partial charge in [0, 0.05) is 4.47 Å². The molecule has 0 amide bonds.